The first-order valence-electron chi connectivity index (χ1n) is 8.74. The van der Waals surface area contributed by atoms with Gasteiger partial charge in [0.1, 0.15) is 17.3 Å². The van der Waals surface area contributed by atoms with Crippen LogP contribution in [0.4, 0.5) is 0 Å². The van der Waals surface area contributed by atoms with Crippen LogP contribution in [0.2, 0.25) is 20.1 Å². The van der Waals surface area contributed by atoms with E-state index in [4.69, 9.17) is 55.2 Å². The monoisotopic (exact) mass is 476 g/mol. The van der Waals surface area contributed by atoms with Crippen LogP contribution >= 0.6 is 46.4 Å². The average Bonchev–Trinajstić information content (AvgIpc) is 3.38. The molecule has 2 aromatic carbocycles. The van der Waals surface area contributed by atoms with E-state index in [0.29, 0.717) is 48.5 Å². The van der Waals surface area contributed by atoms with Gasteiger partial charge in [0, 0.05) is 16.1 Å². The molecule has 0 atom stereocenters. The number of furan rings is 2. The zero-order valence-electron chi connectivity index (χ0n) is 15.2. The standard InChI is InChI=1S/C23H12Cl4O3/c24-13-4-7-15(18(26)12-13)20-10-11-22(30-20)19(28)8-5-14-6-9-21(29-14)16-2-1-3-17(25)23(16)27/h1-12H/b8-5+. The molecule has 0 saturated carbocycles. The number of rotatable bonds is 5. The van der Waals surface area contributed by atoms with Crippen molar-refractivity contribution in [1.29, 1.82) is 0 Å². The molecular weight excluding hydrogens is 466 g/mol. The number of halogens is 4. The highest BCUT2D eigenvalue weighted by Gasteiger charge is 2.13. The Morgan fingerprint density at radius 1 is 0.767 bits per heavy atom. The summed E-state index contributed by atoms with van der Waals surface area (Å²) in [6.07, 6.45) is 2.93. The van der Waals surface area contributed by atoms with E-state index in [0.717, 1.165) is 0 Å². The second-order valence-electron chi connectivity index (χ2n) is 6.29. The Labute approximate surface area is 192 Å². The van der Waals surface area contributed by atoms with Crippen molar-refractivity contribution in [1.82, 2.24) is 0 Å². The Morgan fingerprint density at radius 2 is 1.53 bits per heavy atom. The maximum atomic E-state index is 12.5. The predicted molar refractivity (Wildman–Crippen MR) is 122 cm³/mol. The maximum absolute atomic E-state index is 12.5. The summed E-state index contributed by atoms with van der Waals surface area (Å²) in [6.45, 7) is 0. The minimum Gasteiger partial charge on any atom is -0.457 e. The van der Waals surface area contributed by atoms with E-state index in [1.54, 1.807) is 66.7 Å². The summed E-state index contributed by atoms with van der Waals surface area (Å²) in [5, 5.41) is 1.80. The van der Waals surface area contributed by atoms with Crippen molar-refractivity contribution >= 4 is 58.3 Å². The van der Waals surface area contributed by atoms with E-state index >= 15 is 0 Å². The largest absolute Gasteiger partial charge is 0.457 e. The highest BCUT2D eigenvalue weighted by molar-refractivity contribution is 6.43. The van der Waals surface area contributed by atoms with Crippen LogP contribution in [0.5, 0.6) is 0 Å². The van der Waals surface area contributed by atoms with Crippen molar-refractivity contribution in [2.24, 2.45) is 0 Å². The third-order valence-corrected chi connectivity index (χ3v) is 5.65. The molecule has 4 aromatic rings. The number of hydrogen-bond donors (Lipinski definition) is 0. The Morgan fingerprint density at radius 3 is 2.33 bits per heavy atom. The fourth-order valence-electron chi connectivity index (χ4n) is 2.83. The van der Waals surface area contributed by atoms with Crippen LogP contribution in [-0.2, 0) is 0 Å². The number of benzene rings is 2. The van der Waals surface area contributed by atoms with Crippen molar-refractivity contribution < 1.29 is 13.6 Å². The van der Waals surface area contributed by atoms with Gasteiger partial charge < -0.3 is 8.83 Å². The van der Waals surface area contributed by atoms with Crippen LogP contribution in [0.25, 0.3) is 28.7 Å². The Hall–Kier alpha value is -2.43. The van der Waals surface area contributed by atoms with Crippen LogP contribution in [0.15, 0.2) is 75.6 Å². The molecule has 2 aromatic heterocycles. The molecule has 0 unspecified atom stereocenters. The fraction of sp³-hybridized carbons (Fsp3) is 0. The van der Waals surface area contributed by atoms with Crippen molar-refractivity contribution in [2.45, 2.75) is 0 Å². The van der Waals surface area contributed by atoms with Gasteiger partial charge in [-0.3, -0.25) is 4.79 Å². The normalized spacial score (nSPS) is 11.3. The van der Waals surface area contributed by atoms with E-state index in [9.17, 15) is 4.79 Å². The Bertz CT molecular complexity index is 1270. The first-order valence-corrected chi connectivity index (χ1v) is 10.3. The van der Waals surface area contributed by atoms with E-state index in [1.807, 2.05) is 0 Å². The van der Waals surface area contributed by atoms with Crippen LogP contribution < -0.4 is 0 Å². The van der Waals surface area contributed by atoms with Gasteiger partial charge >= 0.3 is 0 Å². The molecule has 0 bridgehead atoms. The third-order valence-electron chi connectivity index (χ3n) is 4.29. The molecule has 0 aliphatic rings. The van der Waals surface area contributed by atoms with Gasteiger partial charge in [0.05, 0.1) is 15.1 Å². The summed E-state index contributed by atoms with van der Waals surface area (Å²) in [5.74, 6) is 1.38. The van der Waals surface area contributed by atoms with E-state index in [-0.39, 0.29) is 11.5 Å². The molecule has 150 valence electrons. The number of carbonyl (C=O) groups is 1. The maximum Gasteiger partial charge on any atom is 0.221 e. The van der Waals surface area contributed by atoms with Crippen LogP contribution in [0, 0.1) is 0 Å². The summed E-state index contributed by atoms with van der Waals surface area (Å²) in [6, 6.07) is 17.1. The van der Waals surface area contributed by atoms with Gasteiger partial charge in [-0.2, -0.15) is 0 Å². The van der Waals surface area contributed by atoms with Crippen molar-refractivity contribution in [3.05, 3.63) is 98.4 Å². The van der Waals surface area contributed by atoms with Crippen LogP contribution in [-0.4, -0.2) is 5.78 Å². The molecule has 0 aliphatic heterocycles. The first kappa shape index (κ1) is 20.8. The van der Waals surface area contributed by atoms with Gasteiger partial charge in [0.25, 0.3) is 0 Å². The minimum absolute atomic E-state index is 0.178. The minimum atomic E-state index is -0.315. The molecule has 4 rings (SSSR count). The van der Waals surface area contributed by atoms with Crippen molar-refractivity contribution in [3.8, 4) is 22.6 Å². The average molecular weight is 478 g/mol. The van der Waals surface area contributed by atoms with Crippen molar-refractivity contribution in [2.75, 3.05) is 0 Å². The van der Waals surface area contributed by atoms with Gasteiger partial charge in [-0.05, 0) is 66.7 Å². The van der Waals surface area contributed by atoms with Gasteiger partial charge in [-0.25, -0.2) is 0 Å². The summed E-state index contributed by atoms with van der Waals surface area (Å²) in [7, 11) is 0. The van der Waals surface area contributed by atoms with Gasteiger partial charge in [0.2, 0.25) is 5.78 Å². The lowest BCUT2D eigenvalue weighted by atomic mass is 10.2. The lowest BCUT2D eigenvalue weighted by Gasteiger charge is -2.01. The highest BCUT2D eigenvalue weighted by Crippen LogP contribution is 2.35. The molecule has 0 radical (unpaired) electrons. The molecule has 0 amide bonds. The molecular formula is C23H12Cl4O3. The van der Waals surface area contributed by atoms with Crippen molar-refractivity contribution in [3.63, 3.8) is 0 Å². The number of hydrogen-bond acceptors (Lipinski definition) is 3. The summed E-state index contributed by atoms with van der Waals surface area (Å²) < 4.78 is 11.4. The van der Waals surface area contributed by atoms with E-state index < -0.39 is 0 Å². The first-order chi connectivity index (χ1) is 14.4. The van der Waals surface area contributed by atoms with E-state index in [2.05, 4.69) is 0 Å². The van der Waals surface area contributed by atoms with Gasteiger partial charge in [-0.15, -0.1) is 0 Å². The smallest absolute Gasteiger partial charge is 0.221 e. The molecule has 7 heteroatoms. The summed E-state index contributed by atoms with van der Waals surface area (Å²) in [5.41, 5.74) is 1.32. The topological polar surface area (TPSA) is 43.4 Å². The molecule has 2 heterocycles. The molecule has 30 heavy (non-hydrogen) atoms. The SMILES string of the molecule is O=C(/C=C/c1ccc(-c2cccc(Cl)c2Cl)o1)c1ccc(-c2ccc(Cl)cc2Cl)o1. The quantitative estimate of drug-likeness (QED) is 0.213. The van der Waals surface area contributed by atoms with Gasteiger partial charge in [0.15, 0.2) is 5.76 Å². The number of carbonyl (C=O) groups excluding carboxylic acids is 1. The van der Waals surface area contributed by atoms with E-state index in [1.165, 1.54) is 6.08 Å². The molecule has 0 fully saturated rings. The third kappa shape index (κ3) is 4.35. The molecule has 0 spiro atoms. The fourth-order valence-corrected chi connectivity index (χ4v) is 3.72. The Balaban J connectivity index is 1.52. The lowest BCUT2D eigenvalue weighted by molar-refractivity contribution is 0.102. The molecule has 3 nitrogen and oxygen atoms in total. The van der Waals surface area contributed by atoms with Crippen LogP contribution in [0.1, 0.15) is 16.3 Å². The molecule has 0 N–H and O–H groups in total. The second-order valence-corrected chi connectivity index (χ2v) is 7.92. The zero-order chi connectivity index (χ0) is 21.3. The lowest BCUT2D eigenvalue weighted by Crippen LogP contribution is -1.90. The highest BCUT2D eigenvalue weighted by atomic mass is 35.5. The molecule has 0 aliphatic carbocycles. The number of ketones is 1. The second kappa shape index (κ2) is 8.75. The number of allylic oxidation sites excluding steroid dienone is 1. The zero-order valence-corrected chi connectivity index (χ0v) is 18.2. The van der Waals surface area contributed by atoms with Gasteiger partial charge in [-0.1, -0.05) is 52.5 Å². The van der Waals surface area contributed by atoms with Crippen LogP contribution in [0.3, 0.4) is 0 Å². The summed E-state index contributed by atoms with van der Waals surface area (Å²) in [4.78, 5) is 12.5. The predicted octanol–water partition coefficient (Wildman–Crippen LogP) is 8.72. The summed E-state index contributed by atoms with van der Waals surface area (Å²) >= 11 is 24.4. The Kier molecular flexibility index (Phi) is 6.07. The molecule has 0 saturated heterocycles.